The molecular formula is C35H38N8O5. The van der Waals surface area contributed by atoms with Gasteiger partial charge in [-0.25, -0.2) is 0 Å². The van der Waals surface area contributed by atoms with Crippen molar-refractivity contribution in [1.29, 1.82) is 0 Å². The van der Waals surface area contributed by atoms with Crippen LogP contribution < -0.4 is 16.0 Å². The Kier molecular flexibility index (Phi) is 8.74. The molecule has 0 saturated carbocycles. The van der Waals surface area contributed by atoms with Crippen molar-refractivity contribution in [2.45, 2.75) is 69.5 Å². The molecule has 0 aliphatic carbocycles. The molecule has 7 rings (SSSR count). The SMILES string of the molecule is O=C1CCC(N2C(=O)c3ccc(NCCCCCC(=O)N4CCC(n5cc(C6C=Nc7ccccc7N6)cn5)CC4)cc3C2=O)C(=O)N1. The van der Waals surface area contributed by atoms with Crippen molar-refractivity contribution in [1.82, 2.24) is 24.9 Å². The molecule has 4 aliphatic heterocycles. The number of amides is 5. The minimum atomic E-state index is -0.982. The van der Waals surface area contributed by atoms with E-state index in [1.54, 1.807) is 18.2 Å². The number of fused-ring (bicyclic) bond motifs is 2. The number of nitrogens with zero attached hydrogens (tertiary/aromatic N) is 5. The van der Waals surface area contributed by atoms with Gasteiger partial charge in [0, 0.05) is 56.1 Å². The smallest absolute Gasteiger partial charge is 0.262 e. The monoisotopic (exact) mass is 650 g/mol. The molecule has 0 bridgehead atoms. The molecule has 2 unspecified atom stereocenters. The number of para-hydroxylation sites is 2. The second kappa shape index (κ2) is 13.4. The van der Waals surface area contributed by atoms with Crippen molar-refractivity contribution >= 4 is 52.8 Å². The van der Waals surface area contributed by atoms with Crippen LogP contribution in [0.1, 0.15) is 89.7 Å². The summed E-state index contributed by atoms with van der Waals surface area (Å²) in [4.78, 5) is 70.1. The van der Waals surface area contributed by atoms with E-state index in [1.165, 1.54) is 0 Å². The van der Waals surface area contributed by atoms with Crippen LogP contribution in [0.3, 0.4) is 0 Å². The Balaban J connectivity index is 0.811. The molecule has 5 heterocycles. The van der Waals surface area contributed by atoms with Crippen LogP contribution in [0.2, 0.25) is 0 Å². The van der Waals surface area contributed by atoms with Crippen molar-refractivity contribution in [3.05, 3.63) is 71.5 Å². The third-order valence-corrected chi connectivity index (χ3v) is 9.59. The van der Waals surface area contributed by atoms with Gasteiger partial charge in [-0.1, -0.05) is 18.6 Å². The van der Waals surface area contributed by atoms with Gasteiger partial charge in [-0.15, -0.1) is 0 Å². The Bertz CT molecular complexity index is 1790. The Morgan fingerprint density at radius 1 is 0.938 bits per heavy atom. The number of rotatable bonds is 10. The molecule has 4 aliphatic rings. The highest BCUT2D eigenvalue weighted by Gasteiger charge is 2.44. The Morgan fingerprint density at radius 3 is 2.58 bits per heavy atom. The summed E-state index contributed by atoms with van der Waals surface area (Å²) in [5.41, 5.74) is 4.22. The number of benzene rings is 2. The number of nitrogens with one attached hydrogen (secondary N) is 3. The van der Waals surface area contributed by atoms with Crippen LogP contribution in [-0.2, 0) is 14.4 Å². The third kappa shape index (κ3) is 6.32. The van der Waals surface area contributed by atoms with Crippen molar-refractivity contribution < 1.29 is 24.0 Å². The standard InChI is InChI=1S/C35H38N8O5/c44-31-12-11-30(33(46)40-31)43-34(47)25-10-9-23(18-26(25)35(43)48)36-15-5-1-2-8-32(45)41-16-13-24(14-17-41)42-21-22(19-38-42)29-20-37-27-6-3-4-7-28(27)39-29/h3-4,6-7,9-10,18-21,24,29-30,36,39H,1-2,5,8,11-17H2,(H,40,44,46). The predicted molar refractivity (Wildman–Crippen MR) is 178 cm³/mol. The highest BCUT2D eigenvalue weighted by molar-refractivity contribution is 6.23. The number of unbranched alkanes of at least 4 members (excludes halogenated alkanes) is 2. The fourth-order valence-electron chi connectivity index (χ4n) is 6.88. The molecule has 5 amide bonds. The summed E-state index contributed by atoms with van der Waals surface area (Å²) < 4.78 is 2.03. The largest absolute Gasteiger partial charge is 0.385 e. The van der Waals surface area contributed by atoms with E-state index in [0.717, 1.165) is 67.0 Å². The van der Waals surface area contributed by atoms with E-state index in [2.05, 4.69) is 32.2 Å². The van der Waals surface area contributed by atoms with Gasteiger partial charge in [-0.3, -0.25) is 43.9 Å². The fraction of sp³-hybridized carbons (Fsp3) is 0.400. The molecule has 2 saturated heterocycles. The maximum Gasteiger partial charge on any atom is 0.262 e. The fourth-order valence-corrected chi connectivity index (χ4v) is 6.88. The molecule has 13 heteroatoms. The van der Waals surface area contributed by atoms with Gasteiger partial charge in [0.2, 0.25) is 17.7 Å². The number of imide groups is 2. The van der Waals surface area contributed by atoms with E-state index in [-0.39, 0.29) is 42.0 Å². The van der Waals surface area contributed by atoms with E-state index in [4.69, 9.17) is 0 Å². The van der Waals surface area contributed by atoms with Crippen molar-refractivity contribution in [3.63, 3.8) is 0 Å². The molecule has 3 aromatic rings. The number of hydrogen-bond acceptors (Lipinski definition) is 9. The summed E-state index contributed by atoms with van der Waals surface area (Å²) in [6.45, 7) is 2.09. The molecule has 248 valence electrons. The number of carbonyl (C=O) groups is 5. The Morgan fingerprint density at radius 2 is 1.75 bits per heavy atom. The molecule has 2 aromatic carbocycles. The number of aliphatic imine (C=N–C) groups is 1. The number of aromatic nitrogens is 2. The van der Waals surface area contributed by atoms with E-state index >= 15 is 0 Å². The first-order valence-corrected chi connectivity index (χ1v) is 16.7. The van der Waals surface area contributed by atoms with Gasteiger partial charge < -0.3 is 15.5 Å². The summed E-state index contributed by atoms with van der Waals surface area (Å²) in [7, 11) is 0. The Labute approximate surface area is 277 Å². The molecule has 2 atom stereocenters. The van der Waals surface area contributed by atoms with Crippen molar-refractivity contribution in [3.8, 4) is 0 Å². The lowest BCUT2D eigenvalue weighted by Crippen LogP contribution is -2.54. The van der Waals surface area contributed by atoms with Crippen LogP contribution in [-0.4, -0.2) is 81.0 Å². The van der Waals surface area contributed by atoms with Gasteiger partial charge in [0.1, 0.15) is 6.04 Å². The van der Waals surface area contributed by atoms with E-state index in [0.29, 0.717) is 18.7 Å². The molecule has 2 fully saturated rings. The van der Waals surface area contributed by atoms with Gasteiger partial charge in [-0.05, 0) is 62.4 Å². The van der Waals surface area contributed by atoms with Crippen LogP contribution in [0.25, 0.3) is 0 Å². The molecular weight excluding hydrogens is 612 g/mol. The molecule has 48 heavy (non-hydrogen) atoms. The lowest BCUT2D eigenvalue weighted by Gasteiger charge is -2.32. The van der Waals surface area contributed by atoms with E-state index < -0.39 is 29.7 Å². The van der Waals surface area contributed by atoms with Crippen LogP contribution in [0, 0.1) is 0 Å². The zero-order valence-electron chi connectivity index (χ0n) is 26.6. The summed E-state index contributed by atoms with van der Waals surface area (Å²) in [5, 5.41) is 13.7. The predicted octanol–water partition coefficient (Wildman–Crippen LogP) is 3.99. The molecule has 3 N–H and O–H groups in total. The highest BCUT2D eigenvalue weighted by Crippen LogP contribution is 2.33. The zero-order valence-corrected chi connectivity index (χ0v) is 26.6. The van der Waals surface area contributed by atoms with E-state index in [9.17, 15) is 24.0 Å². The van der Waals surface area contributed by atoms with Crippen molar-refractivity contribution in [2.75, 3.05) is 30.3 Å². The molecule has 0 radical (unpaired) electrons. The first kappa shape index (κ1) is 31.3. The quantitative estimate of drug-likeness (QED) is 0.220. The van der Waals surface area contributed by atoms with Crippen molar-refractivity contribution in [2.24, 2.45) is 4.99 Å². The maximum absolute atomic E-state index is 13.0. The third-order valence-electron chi connectivity index (χ3n) is 9.59. The number of piperidine rings is 2. The maximum atomic E-state index is 13.0. The lowest BCUT2D eigenvalue weighted by atomic mass is 10.0. The van der Waals surface area contributed by atoms with Gasteiger partial charge in [0.15, 0.2) is 0 Å². The normalized spacial score (nSPS) is 20.8. The van der Waals surface area contributed by atoms with Crippen LogP contribution in [0.4, 0.5) is 17.1 Å². The average Bonchev–Trinajstić information content (AvgIpc) is 3.69. The minimum absolute atomic E-state index is 0.0216. The van der Waals surface area contributed by atoms with Crippen LogP contribution >= 0.6 is 0 Å². The summed E-state index contributed by atoms with van der Waals surface area (Å²) >= 11 is 0. The first-order valence-electron chi connectivity index (χ1n) is 16.7. The number of anilines is 2. The first-order chi connectivity index (χ1) is 23.4. The van der Waals surface area contributed by atoms with Gasteiger partial charge in [0.25, 0.3) is 11.8 Å². The lowest BCUT2D eigenvalue weighted by molar-refractivity contribution is -0.136. The average molecular weight is 651 g/mol. The second-order valence-electron chi connectivity index (χ2n) is 12.7. The molecule has 0 spiro atoms. The van der Waals surface area contributed by atoms with Gasteiger partial charge >= 0.3 is 0 Å². The summed E-state index contributed by atoms with van der Waals surface area (Å²) in [6, 6.07) is 12.2. The minimum Gasteiger partial charge on any atom is -0.385 e. The van der Waals surface area contributed by atoms with E-state index in [1.807, 2.05) is 46.3 Å². The summed E-state index contributed by atoms with van der Waals surface area (Å²) in [5.74, 6) is -1.88. The second-order valence-corrected chi connectivity index (χ2v) is 12.7. The van der Waals surface area contributed by atoms with Gasteiger partial charge in [-0.2, -0.15) is 5.10 Å². The highest BCUT2D eigenvalue weighted by atomic mass is 16.2. The van der Waals surface area contributed by atoms with Gasteiger partial charge in [0.05, 0.1) is 40.8 Å². The van der Waals surface area contributed by atoms with Crippen LogP contribution in [0.15, 0.2) is 59.9 Å². The summed E-state index contributed by atoms with van der Waals surface area (Å²) in [6.07, 6.45) is 10.9. The number of likely N-dealkylation sites (tertiary alicyclic amines) is 1. The topological polar surface area (TPSA) is 158 Å². The molecule has 13 nitrogen and oxygen atoms in total. The number of carbonyl (C=O) groups excluding carboxylic acids is 5. The molecule has 1 aromatic heterocycles. The Hall–Kier alpha value is -5.33. The van der Waals surface area contributed by atoms with Crippen LogP contribution in [0.5, 0.6) is 0 Å². The zero-order chi connectivity index (χ0) is 33.2. The number of hydrogen-bond donors (Lipinski definition) is 3.